The summed E-state index contributed by atoms with van der Waals surface area (Å²) >= 11 is 0. The second kappa shape index (κ2) is 11.5. The molecular formula is C26H33F2N3O2. The van der Waals surface area contributed by atoms with Crippen molar-refractivity contribution in [1.82, 2.24) is 15.1 Å². The minimum Gasteiger partial charge on any atom is -0.490 e. The van der Waals surface area contributed by atoms with E-state index in [0.29, 0.717) is 38.2 Å². The van der Waals surface area contributed by atoms with Gasteiger partial charge < -0.3 is 19.9 Å². The highest BCUT2D eigenvalue weighted by atomic mass is 19.1. The lowest BCUT2D eigenvalue weighted by Gasteiger charge is -2.27. The van der Waals surface area contributed by atoms with Gasteiger partial charge in [-0.1, -0.05) is 24.3 Å². The molecule has 1 N–H and O–H groups in total. The third kappa shape index (κ3) is 6.90. The molecule has 2 aromatic carbocycles. The van der Waals surface area contributed by atoms with E-state index in [1.54, 1.807) is 17.0 Å². The Morgan fingerprint density at radius 1 is 1.06 bits per heavy atom. The molecular weight excluding hydrogens is 424 g/mol. The molecule has 2 fully saturated rings. The number of ether oxygens (including phenoxy) is 1. The Morgan fingerprint density at radius 2 is 1.79 bits per heavy atom. The van der Waals surface area contributed by atoms with Gasteiger partial charge in [-0.3, -0.25) is 0 Å². The van der Waals surface area contributed by atoms with Crippen LogP contribution in [0.15, 0.2) is 48.5 Å². The molecule has 178 valence electrons. The molecule has 5 nitrogen and oxygen atoms in total. The largest absolute Gasteiger partial charge is 0.490 e. The molecule has 0 spiro atoms. The van der Waals surface area contributed by atoms with Crippen LogP contribution in [0.1, 0.15) is 36.8 Å². The van der Waals surface area contributed by atoms with Crippen LogP contribution in [0.2, 0.25) is 0 Å². The molecule has 7 heteroatoms. The Morgan fingerprint density at radius 3 is 2.45 bits per heavy atom. The molecule has 1 heterocycles. The van der Waals surface area contributed by atoms with Gasteiger partial charge in [0.2, 0.25) is 0 Å². The molecule has 2 aromatic rings. The van der Waals surface area contributed by atoms with Crippen molar-refractivity contribution >= 4 is 6.03 Å². The second-order valence-electron chi connectivity index (χ2n) is 9.12. The molecule has 1 saturated heterocycles. The van der Waals surface area contributed by atoms with Crippen molar-refractivity contribution < 1.29 is 18.3 Å². The first-order chi connectivity index (χ1) is 16.1. The number of alkyl halides is 1. The van der Waals surface area contributed by atoms with Gasteiger partial charge in [-0.15, -0.1) is 0 Å². The van der Waals surface area contributed by atoms with Crippen molar-refractivity contribution in [2.24, 2.45) is 5.92 Å². The van der Waals surface area contributed by atoms with Crippen molar-refractivity contribution in [3.05, 3.63) is 65.5 Å². The van der Waals surface area contributed by atoms with Crippen LogP contribution in [-0.2, 0) is 13.1 Å². The van der Waals surface area contributed by atoms with E-state index in [0.717, 1.165) is 49.2 Å². The molecule has 1 unspecified atom stereocenters. The minimum absolute atomic E-state index is 0.155. The van der Waals surface area contributed by atoms with Crippen LogP contribution < -0.4 is 10.1 Å². The number of hydrogen-bond donors (Lipinski definition) is 1. The van der Waals surface area contributed by atoms with Crippen LogP contribution in [0, 0.1) is 11.7 Å². The number of urea groups is 1. The fraction of sp³-hybridized carbons (Fsp3) is 0.500. The maximum Gasteiger partial charge on any atom is 0.317 e. The first kappa shape index (κ1) is 23.5. The van der Waals surface area contributed by atoms with E-state index in [1.165, 1.54) is 18.6 Å². The van der Waals surface area contributed by atoms with Crippen molar-refractivity contribution in [3.8, 4) is 5.75 Å². The molecule has 0 radical (unpaired) electrons. The summed E-state index contributed by atoms with van der Waals surface area (Å²) in [5.41, 5.74) is 1.88. The standard InChI is InChI=1S/C26H33F2N3O2/c27-13-15-30-14-12-22(17-30)19-31(18-21-4-8-23(28)9-5-21)26(32)29-16-20-6-10-25(11-7-20)33-24-2-1-3-24/h4-11,22,24H,1-3,12-19H2,(H,29,32). The summed E-state index contributed by atoms with van der Waals surface area (Å²) in [7, 11) is 0. The summed E-state index contributed by atoms with van der Waals surface area (Å²) in [6, 6.07) is 13.9. The van der Waals surface area contributed by atoms with E-state index in [4.69, 9.17) is 4.74 Å². The van der Waals surface area contributed by atoms with Gasteiger partial charge in [0.25, 0.3) is 0 Å². The fourth-order valence-electron chi connectivity index (χ4n) is 4.38. The van der Waals surface area contributed by atoms with Gasteiger partial charge in [-0.2, -0.15) is 0 Å². The van der Waals surface area contributed by atoms with Gasteiger partial charge in [0.1, 0.15) is 18.2 Å². The molecule has 2 aliphatic rings. The van der Waals surface area contributed by atoms with E-state index in [1.807, 2.05) is 24.3 Å². The molecule has 1 saturated carbocycles. The monoisotopic (exact) mass is 457 g/mol. The number of nitrogens with zero attached hydrogens (tertiary/aromatic N) is 2. The fourth-order valence-corrected chi connectivity index (χ4v) is 4.38. The second-order valence-corrected chi connectivity index (χ2v) is 9.12. The predicted octanol–water partition coefficient (Wildman–Crippen LogP) is 4.76. The normalized spacial score (nSPS) is 18.7. The molecule has 33 heavy (non-hydrogen) atoms. The first-order valence-electron chi connectivity index (χ1n) is 11.9. The smallest absolute Gasteiger partial charge is 0.317 e. The SMILES string of the molecule is O=C(NCc1ccc(OC2CCC2)cc1)N(Cc1ccc(F)cc1)CC1CCN(CCF)C1. The third-order valence-electron chi connectivity index (χ3n) is 6.55. The summed E-state index contributed by atoms with van der Waals surface area (Å²) in [5.74, 6) is 0.870. The Kier molecular flexibility index (Phi) is 8.15. The number of halogens is 2. The lowest BCUT2D eigenvalue weighted by molar-refractivity contribution is 0.120. The van der Waals surface area contributed by atoms with Crippen LogP contribution in [0.4, 0.5) is 13.6 Å². The van der Waals surface area contributed by atoms with Gasteiger partial charge >= 0.3 is 6.03 Å². The van der Waals surface area contributed by atoms with Crippen molar-refractivity contribution in [3.63, 3.8) is 0 Å². The number of benzene rings is 2. The molecule has 1 aliphatic heterocycles. The topological polar surface area (TPSA) is 44.8 Å². The van der Waals surface area contributed by atoms with Gasteiger partial charge in [-0.25, -0.2) is 13.6 Å². The van der Waals surface area contributed by atoms with Crippen LogP contribution >= 0.6 is 0 Å². The summed E-state index contributed by atoms with van der Waals surface area (Å²) in [4.78, 5) is 17.0. The summed E-state index contributed by atoms with van der Waals surface area (Å²) in [6.45, 7) is 3.15. The summed E-state index contributed by atoms with van der Waals surface area (Å²) in [6.07, 6.45) is 4.75. The van der Waals surface area contributed by atoms with Gasteiger partial charge in [0, 0.05) is 32.7 Å². The zero-order chi connectivity index (χ0) is 23.0. The van der Waals surface area contributed by atoms with E-state index in [9.17, 15) is 13.6 Å². The van der Waals surface area contributed by atoms with E-state index < -0.39 is 0 Å². The van der Waals surface area contributed by atoms with Gasteiger partial charge in [0.15, 0.2) is 0 Å². The zero-order valence-electron chi connectivity index (χ0n) is 19.0. The van der Waals surface area contributed by atoms with Crippen molar-refractivity contribution in [2.45, 2.75) is 44.9 Å². The average Bonchev–Trinajstić information content (AvgIpc) is 3.23. The number of amides is 2. The molecule has 0 aromatic heterocycles. The molecule has 0 bridgehead atoms. The first-order valence-corrected chi connectivity index (χ1v) is 11.9. The van der Waals surface area contributed by atoms with Crippen LogP contribution in [-0.4, -0.2) is 54.8 Å². The molecule has 2 amide bonds. The lowest BCUT2D eigenvalue weighted by Crippen LogP contribution is -2.42. The third-order valence-corrected chi connectivity index (χ3v) is 6.55. The number of rotatable bonds is 10. The summed E-state index contributed by atoms with van der Waals surface area (Å²) in [5, 5.41) is 3.02. The van der Waals surface area contributed by atoms with E-state index in [2.05, 4.69) is 10.2 Å². The van der Waals surface area contributed by atoms with Gasteiger partial charge in [0.05, 0.1) is 6.10 Å². The zero-order valence-corrected chi connectivity index (χ0v) is 19.0. The van der Waals surface area contributed by atoms with Crippen LogP contribution in [0.5, 0.6) is 5.75 Å². The Bertz CT molecular complexity index is 887. The molecule has 4 rings (SSSR count). The van der Waals surface area contributed by atoms with Crippen molar-refractivity contribution in [2.75, 3.05) is 32.9 Å². The van der Waals surface area contributed by atoms with Crippen molar-refractivity contribution in [1.29, 1.82) is 0 Å². The highest BCUT2D eigenvalue weighted by Crippen LogP contribution is 2.25. The van der Waals surface area contributed by atoms with Gasteiger partial charge in [-0.05, 0) is 73.5 Å². The minimum atomic E-state index is -0.350. The maximum atomic E-state index is 13.3. The molecule has 1 atom stereocenters. The maximum absolute atomic E-state index is 13.3. The van der Waals surface area contributed by atoms with E-state index in [-0.39, 0.29) is 18.5 Å². The van der Waals surface area contributed by atoms with Crippen LogP contribution in [0.25, 0.3) is 0 Å². The summed E-state index contributed by atoms with van der Waals surface area (Å²) < 4.78 is 31.9. The number of likely N-dealkylation sites (tertiary alicyclic amines) is 1. The number of hydrogen-bond acceptors (Lipinski definition) is 3. The number of nitrogens with one attached hydrogen (secondary N) is 1. The lowest BCUT2D eigenvalue weighted by atomic mass is 9.96. The number of carbonyl (C=O) groups is 1. The predicted molar refractivity (Wildman–Crippen MR) is 124 cm³/mol. The highest BCUT2D eigenvalue weighted by molar-refractivity contribution is 5.74. The highest BCUT2D eigenvalue weighted by Gasteiger charge is 2.26. The van der Waals surface area contributed by atoms with E-state index >= 15 is 0 Å². The quantitative estimate of drug-likeness (QED) is 0.560. The Hall–Kier alpha value is -2.67. The molecule has 1 aliphatic carbocycles. The Balaban J connectivity index is 1.34. The number of carbonyl (C=O) groups excluding carboxylic acids is 1. The average molecular weight is 458 g/mol. The Labute approximate surface area is 194 Å². The van der Waals surface area contributed by atoms with Crippen LogP contribution in [0.3, 0.4) is 0 Å².